The van der Waals surface area contributed by atoms with Gasteiger partial charge in [-0.05, 0) is 71.1 Å². The number of hydrogen-bond acceptors (Lipinski definition) is 6. The zero-order valence-electron chi connectivity index (χ0n) is 18.4. The van der Waals surface area contributed by atoms with Gasteiger partial charge in [0, 0.05) is 0 Å². The normalized spacial score (nSPS) is 22.4. The van der Waals surface area contributed by atoms with Crippen LogP contribution in [0, 0.1) is 17.8 Å². The second-order valence-corrected chi connectivity index (χ2v) is 9.08. The highest BCUT2D eigenvalue weighted by molar-refractivity contribution is 5.72. The second-order valence-electron chi connectivity index (χ2n) is 9.08. The van der Waals surface area contributed by atoms with E-state index in [-0.39, 0.29) is 43.8 Å². The van der Waals surface area contributed by atoms with Crippen molar-refractivity contribution in [2.75, 3.05) is 19.8 Å². The molecule has 0 aromatic rings. The average molecular weight is 401 g/mol. The Morgan fingerprint density at radius 2 is 1.79 bits per heavy atom. The highest BCUT2D eigenvalue weighted by Crippen LogP contribution is 2.34. The maximum Gasteiger partial charge on any atom is 0.332 e. The van der Waals surface area contributed by atoms with Gasteiger partial charge in [-0.3, -0.25) is 4.79 Å². The van der Waals surface area contributed by atoms with Crippen molar-refractivity contribution in [3.63, 3.8) is 0 Å². The molecular formula is C22H40O6. The maximum absolute atomic E-state index is 11.9. The van der Waals surface area contributed by atoms with Crippen molar-refractivity contribution in [3.05, 3.63) is 0 Å². The van der Waals surface area contributed by atoms with Gasteiger partial charge in [0.15, 0.2) is 0 Å². The fourth-order valence-corrected chi connectivity index (χ4v) is 3.88. The van der Waals surface area contributed by atoms with Crippen LogP contribution < -0.4 is 0 Å². The van der Waals surface area contributed by atoms with Gasteiger partial charge in [0.1, 0.15) is 18.8 Å². The van der Waals surface area contributed by atoms with Gasteiger partial charge in [-0.25, -0.2) is 4.79 Å². The Morgan fingerprint density at radius 3 is 2.32 bits per heavy atom. The lowest BCUT2D eigenvalue weighted by Crippen LogP contribution is -2.30. The Morgan fingerprint density at radius 1 is 1.14 bits per heavy atom. The molecule has 1 N–H and O–H groups in total. The fourth-order valence-electron chi connectivity index (χ4n) is 3.88. The SMILES string of the molecule is CCC(CC1CCC(OCC(=O)OC(C)(C)C)CC1)CC(C)C(=O)OCCO. The number of ether oxygens (including phenoxy) is 3. The molecule has 0 bridgehead atoms. The molecule has 6 nitrogen and oxygen atoms in total. The third-order valence-electron chi connectivity index (χ3n) is 5.32. The molecule has 0 aliphatic heterocycles. The van der Waals surface area contributed by atoms with E-state index in [0.717, 1.165) is 44.9 Å². The lowest BCUT2D eigenvalue weighted by molar-refractivity contribution is -0.163. The summed E-state index contributed by atoms with van der Waals surface area (Å²) in [6.45, 7) is 9.62. The zero-order chi connectivity index (χ0) is 21.2. The monoisotopic (exact) mass is 400 g/mol. The van der Waals surface area contributed by atoms with Crippen LogP contribution in [0.25, 0.3) is 0 Å². The molecule has 0 spiro atoms. The first-order valence-corrected chi connectivity index (χ1v) is 10.8. The van der Waals surface area contributed by atoms with Gasteiger partial charge < -0.3 is 19.3 Å². The van der Waals surface area contributed by atoms with Crippen molar-refractivity contribution < 1.29 is 28.9 Å². The summed E-state index contributed by atoms with van der Waals surface area (Å²) in [6.07, 6.45) is 7.26. The molecule has 1 rings (SSSR count). The fraction of sp³-hybridized carbons (Fsp3) is 0.909. The summed E-state index contributed by atoms with van der Waals surface area (Å²) in [7, 11) is 0. The van der Waals surface area contributed by atoms with Crippen LogP contribution in [0.4, 0.5) is 0 Å². The predicted octanol–water partition coefficient (Wildman–Crippen LogP) is 3.88. The summed E-state index contributed by atoms with van der Waals surface area (Å²) in [6, 6.07) is 0. The van der Waals surface area contributed by atoms with E-state index in [1.807, 2.05) is 27.7 Å². The van der Waals surface area contributed by atoms with E-state index in [2.05, 4.69) is 6.92 Å². The largest absolute Gasteiger partial charge is 0.463 e. The number of esters is 2. The molecule has 2 atom stereocenters. The number of carbonyl (C=O) groups excluding carboxylic acids is 2. The zero-order valence-corrected chi connectivity index (χ0v) is 18.4. The van der Waals surface area contributed by atoms with Crippen LogP contribution in [-0.4, -0.2) is 48.6 Å². The van der Waals surface area contributed by atoms with Crippen LogP contribution in [0.3, 0.4) is 0 Å². The molecule has 28 heavy (non-hydrogen) atoms. The van der Waals surface area contributed by atoms with E-state index >= 15 is 0 Å². The molecule has 164 valence electrons. The van der Waals surface area contributed by atoms with Gasteiger partial charge in [-0.1, -0.05) is 20.3 Å². The van der Waals surface area contributed by atoms with Gasteiger partial charge >= 0.3 is 11.9 Å². The Hall–Kier alpha value is -1.14. The molecule has 0 heterocycles. The highest BCUT2D eigenvalue weighted by Gasteiger charge is 2.27. The first kappa shape index (κ1) is 24.9. The van der Waals surface area contributed by atoms with Crippen LogP contribution in [0.15, 0.2) is 0 Å². The van der Waals surface area contributed by atoms with Crippen molar-refractivity contribution in [2.45, 2.75) is 91.3 Å². The van der Waals surface area contributed by atoms with E-state index in [1.54, 1.807) is 0 Å². The Labute approximate surface area is 170 Å². The smallest absolute Gasteiger partial charge is 0.332 e. The molecule has 0 aromatic heterocycles. The Bertz CT molecular complexity index is 462. The topological polar surface area (TPSA) is 82.1 Å². The Balaban J connectivity index is 2.30. The van der Waals surface area contributed by atoms with Crippen LogP contribution in [0.5, 0.6) is 0 Å². The minimum Gasteiger partial charge on any atom is -0.463 e. The van der Waals surface area contributed by atoms with Crippen molar-refractivity contribution >= 4 is 11.9 Å². The quantitative estimate of drug-likeness (QED) is 0.530. The van der Waals surface area contributed by atoms with Gasteiger partial charge in [0.25, 0.3) is 0 Å². The molecule has 6 heteroatoms. The number of hydrogen-bond donors (Lipinski definition) is 1. The standard InChI is InChI=1S/C22H40O6/c1-6-17(13-16(2)21(25)26-12-11-23)14-18-7-9-19(10-8-18)27-15-20(24)28-22(3,4)5/h16-19,23H,6-15H2,1-5H3. The van der Waals surface area contributed by atoms with Crippen LogP contribution in [0.2, 0.25) is 0 Å². The van der Waals surface area contributed by atoms with Crippen molar-refractivity contribution in [3.8, 4) is 0 Å². The molecule has 0 amide bonds. The molecular weight excluding hydrogens is 360 g/mol. The van der Waals surface area contributed by atoms with Gasteiger partial charge in [0.2, 0.25) is 0 Å². The summed E-state index contributed by atoms with van der Waals surface area (Å²) in [5.41, 5.74) is -0.477. The summed E-state index contributed by atoms with van der Waals surface area (Å²) >= 11 is 0. The number of carbonyl (C=O) groups is 2. The molecule has 1 saturated carbocycles. The van der Waals surface area contributed by atoms with Crippen LogP contribution in [-0.2, 0) is 23.8 Å². The van der Waals surface area contributed by atoms with Crippen molar-refractivity contribution in [1.82, 2.24) is 0 Å². The van der Waals surface area contributed by atoms with E-state index in [0.29, 0.717) is 11.8 Å². The van der Waals surface area contributed by atoms with E-state index in [1.165, 1.54) is 0 Å². The first-order chi connectivity index (χ1) is 13.1. The molecule has 0 saturated heterocycles. The molecule has 1 aliphatic carbocycles. The Kier molecular flexibility index (Phi) is 11.1. The van der Waals surface area contributed by atoms with E-state index in [4.69, 9.17) is 19.3 Å². The highest BCUT2D eigenvalue weighted by atomic mass is 16.6. The molecule has 1 aliphatic rings. The maximum atomic E-state index is 11.9. The summed E-state index contributed by atoms with van der Waals surface area (Å²) < 4.78 is 16.1. The van der Waals surface area contributed by atoms with E-state index < -0.39 is 5.60 Å². The second kappa shape index (κ2) is 12.4. The predicted molar refractivity (Wildman–Crippen MR) is 108 cm³/mol. The number of rotatable bonds is 11. The van der Waals surface area contributed by atoms with Crippen molar-refractivity contribution in [2.24, 2.45) is 17.8 Å². The molecule has 0 aromatic carbocycles. The average Bonchev–Trinajstić information content (AvgIpc) is 2.63. The molecule has 2 unspecified atom stereocenters. The van der Waals surface area contributed by atoms with Gasteiger partial charge in [-0.15, -0.1) is 0 Å². The van der Waals surface area contributed by atoms with Crippen molar-refractivity contribution in [1.29, 1.82) is 0 Å². The summed E-state index contributed by atoms with van der Waals surface area (Å²) in [5.74, 6) is 0.493. The molecule has 1 fully saturated rings. The van der Waals surface area contributed by atoms with Crippen LogP contribution >= 0.6 is 0 Å². The summed E-state index contributed by atoms with van der Waals surface area (Å²) in [4.78, 5) is 23.7. The third kappa shape index (κ3) is 10.4. The minimum atomic E-state index is -0.477. The third-order valence-corrected chi connectivity index (χ3v) is 5.32. The number of aliphatic hydroxyl groups excluding tert-OH is 1. The van der Waals surface area contributed by atoms with Crippen LogP contribution in [0.1, 0.15) is 79.6 Å². The van der Waals surface area contributed by atoms with Gasteiger partial charge in [0.05, 0.1) is 18.6 Å². The lowest BCUT2D eigenvalue weighted by Gasteiger charge is -2.31. The summed E-state index contributed by atoms with van der Waals surface area (Å²) in [5, 5.41) is 8.77. The van der Waals surface area contributed by atoms with Gasteiger partial charge in [-0.2, -0.15) is 0 Å². The number of aliphatic hydroxyl groups is 1. The minimum absolute atomic E-state index is 0.0255. The lowest BCUT2D eigenvalue weighted by atomic mass is 9.78. The first-order valence-electron chi connectivity index (χ1n) is 10.8. The molecule has 0 radical (unpaired) electrons. The van der Waals surface area contributed by atoms with E-state index in [9.17, 15) is 9.59 Å².